The molecule has 0 saturated heterocycles. The van der Waals surface area contributed by atoms with Crippen LogP contribution < -0.4 is 14.8 Å². The van der Waals surface area contributed by atoms with Gasteiger partial charge in [-0.25, -0.2) is 14.4 Å². The number of aromatic nitrogens is 2. The van der Waals surface area contributed by atoms with E-state index in [2.05, 4.69) is 15.3 Å². The van der Waals surface area contributed by atoms with E-state index < -0.39 is 5.82 Å². The summed E-state index contributed by atoms with van der Waals surface area (Å²) in [5.41, 5.74) is 0.925. The highest BCUT2D eigenvalue weighted by molar-refractivity contribution is 6.30. The van der Waals surface area contributed by atoms with Crippen molar-refractivity contribution >= 4 is 17.3 Å². The quantitative estimate of drug-likeness (QED) is 0.919. The van der Waals surface area contributed by atoms with Gasteiger partial charge in [-0.15, -0.1) is 0 Å². The van der Waals surface area contributed by atoms with Crippen molar-refractivity contribution in [1.82, 2.24) is 9.97 Å². The first-order chi connectivity index (χ1) is 9.65. The van der Waals surface area contributed by atoms with Gasteiger partial charge in [0.05, 0.1) is 32.0 Å². The van der Waals surface area contributed by atoms with Crippen molar-refractivity contribution < 1.29 is 13.9 Å². The van der Waals surface area contributed by atoms with Gasteiger partial charge in [0.1, 0.15) is 12.1 Å². The number of anilines is 1. The number of nitrogens with one attached hydrogen (secondary N) is 1. The molecule has 5 nitrogen and oxygen atoms in total. The Morgan fingerprint density at radius 3 is 2.40 bits per heavy atom. The van der Waals surface area contributed by atoms with E-state index >= 15 is 0 Å². The molecule has 7 heteroatoms. The van der Waals surface area contributed by atoms with Crippen LogP contribution in [0.5, 0.6) is 11.8 Å². The van der Waals surface area contributed by atoms with E-state index in [4.69, 9.17) is 21.1 Å². The Morgan fingerprint density at radius 2 is 1.85 bits per heavy atom. The lowest BCUT2D eigenvalue weighted by molar-refractivity contribution is 0.363. The van der Waals surface area contributed by atoms with Crippen LogP contribution in [-0.4, -0.2) is 24.2 Å². The first-order valence-electron chi connectivity index (χ1n) is 5.76. The smallest absolute Gasteiger partial charge is 0.225 e. The highest BCUT2D eigenvalue weighted by atomic mass is 35.5. The molecule has 0 fully saturated rings. The van der Waals surface area contributed by atoms with Gasteiger partial charge in [-0.3, -0.25) is 0 Å². The molecule has 0 aliphatic rings. The summed E-state index contributed by atoms with van der Waals surface area (Å²) in [6, 6.07) is 4.39. The molecule has 20 heavy (non-hydrogen) atoms. The predicted molar refractivity (Wildman–Crippen MR) is 73.9 cm³/mol. The normalized spacial score (nSPS) is 10.2. The van der Waals surface area contributed by atoms with E-state index in [0.29, 0.717) is 28.0 Å². The number of benzene rings is 1. The van der Waals surface area contributed by atoms with Crippen molar-refractivity contribution in [3.63, 3.8) is 0 Å². The van der Waals surface area contributed by atoms with E-state index in [9.17, 15) is 4.39 Å². The zero-order chi connectivity index (χ0) is 14.5. The first-order valence-corrected chi connectivity index (χ1v) is 6.14. The minimum absolute atomic E-state index is 0.256. The third-order valence-corrected chi connectivity index (χ3v) is 2.87. The third kappa shape index (κ3) is 3.08. The van der Waals surface area contributed by atoms with E-state index in [1.807, 2.05) is 0 Å². The number of halogens is 2. The predicted octanol–water partition coefficient (Wildman–Crippen LogP) is 2.90. The van der Waals surface area contributed by atoms with Crippen LogP contribution in [0.25, 0.3) is 0 Å². The molecule has 2 rings (SSSR count). The standard InChI is InChI=1S/C13H13ClFN3O2/c1-19-12-9(13(20-2)18-7-17-12)6-16-11-4-3-8(14)5-10(11)15/h3-5,7,16H,6H2,1-2H3. The molecule has 2 aromatic rings. The van der Waals surface area contributed by atoms with Crippen molar-refractivity contribution in [3.8, 4) is 11.8 Å². The number of hydrogen-bond acceptors (Lipinski definition) is 5. The lowest BCUT2D eigenvalue weighted by atomic mass is 10.2. The molecule has 1 aromatic carbocycles. The number of methoxy groups -OCH3 is 2. The Balaban J connectivity index is 2.22. The van der Waals surface area contributed by atoms with Gasteiger partial charge in [-0.2, -0.15) is 0 Å². The number of hydrogen-bond donors (Lipinski definition) is 1. The van der Waals surface area contributed by atoms with Crippen LogP contribution in [0.15, 0.2) is 24.5 Å². The second-order valence-electron chi connectivity index (χ2n) is 3.85. The van der Waals surface area contributed by atoms with Crippen molar-refractivity contribution in [2.24, 2.45) is 0 Å². The first kappa shape index (κ1) is 14.3. The van der Waals surface area contributed by atoms with Crippen LogP contribution >= 0.6 is 11.6 Å². The maximum atomic E-state index is 13.7. The molecule has 0 unspecified atom stereocenters. The van der Waals surface area contributed by atoms with Gasteiger partial charge in [0, 0.05) is 5.02 Å². The summed E-state index contributed by atoms with van der Waals surface area (Å²) in [6.45, 7) is 0.256. The second kappa shape index (κ2) is 6.38. The molecule has 0 aliphatic heterocycles. The third-order valence-electron chi connectivity index (χ3n) is 2.64. The molecule has 0 spiro atoms. The Labute approximate surface area is 120 Å². The summed E-state index contributed by atoms with van der Waals surface area (Å²) < 4.78 is 24.0. The fourth-order valence-electron chi connectivity index (χ4n) is 1.70. The van der Waals surface area contributed by atoms with E-state index in [1.165, 1.54) is 26.6 Å². The van der Waals surface area contributed by atoms with Crippen LogP contribution in [0.1, 0.15) is 5.56 Å². The maximum absolute atomic E-state index is 13.7. The van der Waals surface area contributed by atoms with Gasteiger partial charge in [-0.1, -0.05) is 11.6 Å². The minimum atomic E-state index is -0.438. The number of ether oxygens (including phenoxy) is 2. The van der Waals surface area contributed by atoms with Gasteiger partial charge in [-0.05, 0) is 18.2 Å². The van der Waals surface area contributed by atoms with Gasteiger partial charge >= 0.3 is 0 Å². The summed E-state index contributed by atoms with van der Waals surface area (Å²) in [4.78, 5) is 7.97. The van der Waals surface area contributed by atoms with Crippen molar-refractivity contribution in [3.05, 3.63) is 40.9 Å². The summed E-state index contributed by atoms with van der Waals surface area (Å²) in [7, 11) is 2.99. The fourth-order valence-corrected chi connectivity index (χ4v) is 1.86. The zero-order valence-electron chi connectivity index (χ0n) is 11.0. The van der Waals surface area contributed by atoms with Crippen molar-refractivity contribution in [1.29, 1.82) is 0 Å². The van der Waals surface area contributed by atoms with E-state index in [1.54, 1.807) is 12.1 Å². The molecule has 0 radical (unpaired) electrons. The summed E-state index contributed by atoms with van der Waals surface area (Å²) >= 11 is 5.70. The van der Waals surface area contributed by atoms with Crippen LogP contribution in [0.3, 0.4) is 0 Å². The molecule has 106 valence electrons. The molecule has 0 bridgehead atoms. The van der Waals surface area contributed by atoms with Crippen LogP contribution in [0.2, 0.25) is 5.02 Å². The molecular formula is C13H13ClFN3O2. The fraction of sp³-hybridized carbons (Fsp3) is 0.231. The maximum Gasteiger partial charge on any atom is 0.225 e. The van der Waals surface area contributed by atoms with Crippen LogP contribution in [-0.2, 0) is 6.54 Å². The molecule has 1 heterocycles. The van der Waals surface area contributed by atoms with Crippen molar-refractivity contribution in [2.75, 3.05) is 19.5 Å². The SMILES string of the molecule is COc1ncnc(OC)c1CNc1ccc(Cl)cc1F. The Morgan fingerprint density at radius 1 is 1.20 bits per heavy atom. The minimum Gasteiger partial charge on any atom is -0.481 e. The summed E-state index contributed by atoms with van der Waals surface area (Å²) in [5.74, 6) is 0.310. The van der Waals surface area contributed by atoms with Crippen molar-refractivity contribution in [2.45, 2.75) is 6.54 Å². The molecule has 0 saturated carbocycles. The lowest BCUT2D eigenvalue weighted by Crippen LogP contribution is -2.07. The monoisotopic (exact) mass is 297 g/mol. The second-order valence-corrected chi connectivity index (χ2v) is 4.28. The van der Waals surface area contributed by atoms with Gasteiger partial charge in [0.25, 0.3) is 0 Å². The van der Waals surface area contributed by atoms with Crippen LogP contribution in [0, 0.1) is 5.82 Å². The van der Waals surface area contributed by atoms with Crippen LogP contribution in [0.4, 0.5) is 10.1 Å². The largest absolute Gasteiger partial charge is 0.481 e. The van der Waals surface area contributed by atoms with Gasteiger partial charge in [0.15, 0.2) is 0 Å². The molecule has 1 N–H and O–H groups in total. The highest BCUT2D eigenvalue weighted by Crippen LogP contribution is 2.25. The Kier molecular flexibility index (Phi) is 4.57. The number of nitrogens with zero attached hydrogens (tertiary/aromatic N) is 2. The molecular weight excluding hydrogens is 285 g/mol. The number of rotatable bonds is 5. The highest BCUT2D eigenvalue weighted by Gasteiger charge is 2.13. The lowest BCUT2D eigenvalue weighted by Gasteiger charge is -2.12. The zero-order valence-corrected chi connectivity index (χ0v) is 11.7. The Hall–Kier alpha value is -2.08. The van der Waals surface area contributed by atoms with Gasteiger partial charge in [0.2, 0.25) is 11.8 Å². The molecule has 0 amide bonds. The van der Waals surface area contributed by atoms with E-state index in [0.717, 1.165) is 0 Å². The topological polar surface area (TPSA) is 56.3 Å². The van der Waals surface area contributed by atoms with Gasteiger partial charge < -0.3 is 14.8 Å². The molecule has 0 atom stereocenters. The molecule has 0 aliphatic carbocycles. The molecule has 1 aromatic heterocycles. The average Bonchev–Trinajstić information content (AvgIpc) is 2.46. The average molecular weight is 298 g/mol. The Bertz CT molecular complexity index is 588. The summed E-state index contributed by atoms with van der Waals surface area (Å²) in [5, 5.41) is 3.27. The van der Waals surface area contributed by atoms with E-state index in [-0.39, 0.29) is 6.54 Å². The summed E-state index contributed by atoms with van der Waals surface area (Å²) in [6.07, 6.45) is 1.34.